The standard InChI is InChI=1S/C11H15N.C2H4O2/c1-8-7-9-5-3-4-6-10(9)11(8,2)12;1-2(3)4/h3-6,8H,7,12H2,1-2H3;1H3,(H,3,4). The van der Waals surface area contributed by atoms with Gasteiger partial charge in [-0.15, -0.1) is 0 Å². The van der Waals surface area contributed by atoms with E-state index < -0.39 is 5.97 Å². The van der Waals surface area contributed by atoms with Gasteiger partial charge in [0.15, 0.2) is 0 Å². The van der Waals surface area contributed by atoms with E-state index in [2.05, 4.69) is 38.1 Å². The van der Waals surface area contributed by atoms with Gasteiger partial charge in [0.1, 0.15) is 0 Å². The van der Waals surface area contributed by atoms with Crippen molar-refractivity contribution < 1.29 is 9.90 Å². The van der Waals surface area contributed by atoms with E-state index in [4.69, 9.17) is 15.6 Å². The number of nitrogens with two attached hydrogens (primary N) is 1. The summed E-state index contributed by atoms with van der Waals surface area (Å²) < 4.78 is 0. The van der Waals surface area contributed by atoms with Gasteiger partial charge in [-0.3, -0.25) is 4.79 Å². The number of benzene rings is 1. The zero-order valence-electron chi connectivity index (χ0n) is 10.0. The van der Waals surface area contributed by atoms with Gasteiger partial charge in [-0.1, -0.05) is 31.2 Å². The van der Waals surface area contributed by atoms with Crippen molar-refractivity contribution >= 4 is 5.97 Å². The highest BCUT2D eigenvalue weighted by molar-refractivity contribution is 5.62. The van der Waals surface area contributed by atoms with Gasteiger partial charge in [-0.05, 0) is 30.4 Å². The first-order valence-corrected chi connectivity index (χ1v) is 5.42. The van der Waals surface area contributed by atoms with Gasteiger partial charge >= 0.3 is 0 Å². The van der Waals surface area contributed by atoms with Gasteiger partial charge in [-0.2, -0.15) is 0 Å². The molecule has 0 aromatic heterocycles. The minimum Gasteiger partial charge on any atom is -0.481 e. The summed E-state index contributed by atoms with van der Waals surface area (Å²) in [4.78, 5) is 9.00. The van der Waals surface area contributed by atoms with Crippen LogP contribution in [0, 0.1) is 5.92 Å². The quantitative estimate of drug-likeness (QED) is 0.705. The molecule has 2 rings (SSSR count). The molecule has 2 unspecified atom stereocenters. The Morgan fingerprint density at radius 1 is 1.50 bits per heavy atom. The topological polar surface area (TPSA) is 63.3 Å². The van der Waals surface area contributed by atoms with E-state index >= 15 is 0 Å². The summed E-state index contributed by atoms with van der Waals surface area (Å²) in [7, 11) is 0. The fraction of sp³-hybridized carbons (Fsp3) is 0.462. The Hall–Kier alpha value is -1.35. The molecule has 1 aliphatic rings. The number of hydrogen-bond acceptors (Lipinski definition) is 2. The van der Waals surface area contributed by atoms with Crippen LogP contribution in [0.15, 0.2) is 24.3 Å². The lowest BCUT2D eigenvalue weighted by Gasteiger charge is -2.24. The Bertz CT molecular complexity index is 381. The molecule has 16 heavy (non-hydrogen) atoms. The molecule has 88 valence electrons. The Kier molecular flexibility index (Phi) is 3.70. The molecule has 0 aliphatic heterocycles. The van der Waals surface area contributed by atoms with Crippen molar-refractivity contribution in [2.24, 2.45) is 11.7 Å². The minimum absolute atomic E-state index is 0.114. The molecule has 3 nitrogen and oxygen atoms in total. The Balaban J connectivity index is 0.000000280. The SMILES string of the molecule is CC(=O)O.CC1Cc2ccccc2C1(C)N. The molecule has 0 heterocycles. The van der Waals surface area contributed by atoms with E-state index in [1.54, 1.807) is 0 Å². The van der Waals surface area contributed by atoms with Crippen molar-refractivity contribution in [2.45, 2.75) is 32.7 Å². The van der Waals surface area contributed by atoms with Gasteiger partial charge in [0.05, 0.1) is 0 Å². The lowest BCUT2D eigenvalue weighted by molar-refractivity contribution is -0.134. The molecule has 3 heteroatoms. The van der Waals surface area contributed by atoms with Crippen LogP contribution in [-0.2, 0) is 16.8 Å². The molecule has 2 atom stereocenters. The summed E-state index contributed by atoms with van der Waals surface area (Å²) in [5, 5.41) is 7.42. The van der Waals surface area contributed by atoms with Gasteiger partial charge in [-0.25, -0.2) is 0 Å². The van der Waals surface area contributed by atoms with Crippen LogP contribution >= 0.6 is 0 Å². The highest BCUT2D eigenvalue weighted by Gasteiger charge is 2.36. The average Bonchev–Trinajstić information content (AvgIpc) is 2.38. The van der Waals surface area contributed by atoms with E-state index in [0.717, 1.165) is 13.3 Å². The zero-order valence-corrected chi connectivity index (χ0v) is 10.0. The van der Waals surface area contributed by atoms with Crippen LogP contribution in [0.5, 0.6) is 0 Å². The Morgan fingerprint density at radius 3 is 2.50 bits per heavy atom. The number of rotatable bonds is 0. The van der Waals surface area contributed by atoms with Crippen molar-refractivity contribution in [1.29, 1.82) is 0 Å². The zero-order chi connectivity index (χ0) is 12.3. The van der Waals surface area contributed by atoms with E-state index in [-0.39, 0.29) is 5.54 Å². The summed E-state index contributed by atoms with van der Waals surface area (Å²) in [5.74, 6) is -0.269. The molecule has 0 fully saturated rings. The van der Waals surface area contributed by atoms with E-state index in [0.29, 0.717) is 5.92 Å². The number of aliphatic carboxylic acids is 1. The van der Waals surface area contributed by atoms with Crippen molar-refractivity contribution in [1.82, 2.24) is 0 Å². The van der Waals surface area contributed by atoms with Gasteiger partial charge < -0.3 is 10.8 Å². The van der Waals surface area contributed by atoms with Crippen LogP contribution in [0.3, 0.4) is 0 Å². The third-order valence-corrected chi connectivity index (χ3v) is 3.15. The maximum atomic E-state index is 9.00. The summed E-state index contributed by atoms with van der Waals surface area (Å²) in [5.41, 5.74) is 8.88. The molecule has 3 N–H and O–H groups in total. The second-order valence-electron chi connectivity index (χ2n) is 4.56. The largest absolute Gasteiger partial charge is 0.481 e. The number of carboxylic acids is 1. The predicted molar refractivity (Wildman–Crippen MR) is 64.2 cm³/mol. The summed E-state index contributed by atoms with van der Waals surface area (Å²) in [6, 6.07) is 8.50. The molecule has 0 bridgehead atoms. The van der Waals surface area contributed by atoms with Crippen LogP contribution < -0.4 is 5.73 Å². The van der Waals surface area contributed by atoms with E-state index in [1.165, 1.54) is 11.1 Å². The Morgan fingerprint density at radius 2 is 2.00 bits per heavy atom. The molecule has 0 spiro atoms. The summed E-state index contributed by atoms with van der Waals surface area (Å²) in [6.45, 7) is 5.43. The number of hydrogen-bond donors (Lipinski definition) is 2. The molecular weight excluding hydrogens is 202 g/mol. The normalized spacial score (nSPS) is 26.6. The number of fused-ring (bicyclic) bond motifs is 1. The Labute approximate surface area is 96.3 Å². The smallest absolute Gasteiger partial charge is 0.300 e. The first-order valence-electron chi connectivity index (χ1n) is 5.42. The first-order chi connectivity index (χ1) is 7.35. The molecule has 1 aromatic carbocycles. The van der Waals surface area contributed by atoms with Gasteiger partial charge in [0.25, 0.3) is 5.97 Å². The van der Waals surface area contributed by atoms with E-state index in [1.807, 2.05) is 0 Å². The minimum atomic E-state index is -0.833. The predicted octanol–water partition coefficient (Wildman–Crippen LogP) is 2.14. The van der Waals surface area contributed by atoms with Crippen LogP contribution in [0.4, 0.5) is 0 Å². The van der Waals surface area contributed by atoms with Crippen LogP contribution in [0.2, 0.25) is 0 Å². The second kappa shape index (κ2) is 4.66. The van der Waals surface area contributed by atoms with Crippen molar-refractivity contribution in [3.05, 3.63) is 35.4 Å². The maximum Gasteiger partial charge on any atom is 0.300 e. The third kappa shape index (κ3) is 2.61. The van der Waals surface area contributed by atoms with Crippen molar-refractivity contribution in [2.75, 3.05) is 0 Å². The lowest BCUT2D eigenvalue weighted by Crippen LogP contribution is -2.36. The molecule has 0 amide bonds. The molecule has 0 saturated carbocycles. The molecule has 1 aromatic rings. The number of carbonyl (C=O) groups is 1. The highest BCUT2D eigenvalue weighted by Crippen LogP contribution is 2.38. The van der Waals surface area contributed by atoms with Crippen molar-refractivity contribution in [3.8, 4) is 0 Å². The van der Waals surface area contributed by atoms with Gasteiger partial charge in [0.2, 0.25) is 0 Å². The molecular formula is C13H19NO2. The number of carboxylic acid groups (broad SMARTS) is 1. The maximum absolute atomic E-state index is 9.00. The van der Waals surface area contributed by atoms with Crippen LogP contribution in [-0.4, -0.2) is 11.1 Å². The fourth-order valence-corrected chi connectivity index (χ4v) is 2.03. The van der Waals surface area contributed by atoms with Crippen molar-refractivity contribution in [3.63, 3.8) is 0 Å². The highest BCUT2D eigenvalue weighted by atomic mass is 16.4. The lowest BCUT2D eigenvalue weighted by atomic mass is 9.88. The molecule has 0 saturated heterocycles. The summed E-state index contributed by atoms with van der Waals surface area (Å²) >= 11 is 0. The fourth-order valence-electron chi connectivity index (χ4n) is 2.03. The van der Waals surface area contributed by atoms with Crippen LogP contribution in [0.1, 0.15) is 31.9 Å². The summed E-state index contributed by atoms with van der Waals surface area (Å²) in [6.07, 6.45) is 1.13. The monoisotopic (exact) mass is 221 g/mol. The van der Waals surface area contributed by atoms with E-state index in [9.17, 15) is 0 Å². The first kappa shape index (κ1) is 12.7. The molecule has 1 aliphatic carbocycles. The average molecular weight is 221 g/mol. The third-order valence-electron chi connectivity index (χ3n) is 3.15. The van der Waals surface area contributed by atoms with Gasteiger partial charge in [0, 0.05) is 12.5 Å². The van der Waals surface area contributed by atoms with Crippen LogP contribution in [0.25, 0.3) is 0 Å². The second-order valence-corrected chi connectivity index (χ2v) is 4.56. The molecule has 0 radical (unpaired) electrons.